The highest BCUT2D eigenvalue weighted by Crippen LogP contribution is 2.27. The van der Waals surface area contributed by atoms with Crippen molar-refractivity contribution in [2.24, 2.45) is 0 Å². The molecule has 0 atom stereocenters. The maximum absolute atomic E-state index is 11.6. The molecule has 0 bridgehead atoms. The van der Waals surface area contributed by atoms with Crippen LogP contribution in [0.25, 0.3) is 0 Å². The summed E-state index contributed by atoms with van der Waals surface area (Å²) in [5.74, 6) is 0. The summed E-state index contributed by atoms with van der Waals surface area (Å²) in [6, 6.07) is 3.63. The number of aromatic nitrogens is 4. The van der Waals surface area contributed by atoms with Crippen molar-refractivity contribution >= 4 is 11.8 Å². The van der Waals surface area contributed by atoms with Gasteiger partial charge in [-0.2, -0.15) is 10.4 Å². The summed E-state index contributed by atoms with van der Waals surface area (Å²) >= 11 is 1.15. The number of H-pyrrole nitrogens is 1. The van der Waals surface area contributed by atoms with E-state index in [0.29, 0.717) is 15.7 Å². The largest absolute Gasteiger partial charge is 0.301 e. The Balaban J connectivity index is 2.41. The minimum absolute atomic E-state index is 0.203. The van der Waals surface area contributed by atoms with Gasteiger partial charge in [-0.3, -0.25) is 4.79 Å². The third-order valence-electron chi connectivity index (χ3n) is 3.01. The van der Waals surface area contributed by atoms with Crippen LogP contribution in [0.15, 0.2) is 21.0 Å². The summed E-state index contributed by atoms with van der Waals surface area (Å²) in [4.78, 5) is 18.7. The normalized spacial score (nSPS) is 10.4. The van der Waals surface area contributed by atoms with Crippen molar-refractivity contribution in [1.82, 2.24) is 20.2 Å². The van der Waals surface area contributed by atoms with Gasteiger partial charge in [0.25, 0.3) is 5.56 Å². The van der Waals surface area contributed by atoms with Crippen LogP contribution >= 0.6 is 11.8 Å². The zero-order chi connectivity index (χ0) is 15.4. The third-order valence-corrected chi connectivity index (χ3v) is 3.87. The highest BCUT2D eigenvalue weighted by atomic mass is 32.2. The summed E-state index contributed by atoms with van der Waals surface area (Å²) in [6.45, 7) is 5.66. The molecule has 0 amide bonds. The van der Waals surface area contributed by atoms with Gasteiger partial charge in [0.2, 0.25) is 0 Å². The van der Waals surface area contributed by atoms with Crippen LogP contribution in [0, 0.1) is 25.2 Å². The van der Waals surface area contributed by atoms with E-state index in [1.165, 1.54) is 6.07 Å². The van der Waals surface area contributed by atoms with Crippen LogP contribution in [-0.2, 0) is 6.42 Å². The molecule has 0 aromatic carbocycles. The van der Waals surface area contributed by atoms with E-state index in [0.717, 1.165) is 41.6 Å². The number of nitrogens with one attached hydrogen (secondary N) is 1. The molecule has 1 N–H and O–H groups in total. The van der Waals surface area contributed by atoms with Crippen LogP contribution in [0.4, 0.5) is 0 Å². The predicted molar refractivity (Wildman–Crippen MR) is 79.2 cm³/mol. The fourth-order valence-electron chi connectivity index (χ4n) is 1.80. The molecule has 0 unspecified atom stereocenters. The SMILES string of the molecule is CCCc1cc(=O)[nH]c(Sc2nnc(C)c(C)c2C#N)n1. The van der Waals surface area contributed by atoms with Crippen LogP contribution in [0.2, 0.25) is 0 Å². The van der Waals surface area contributed by atoms with Crippen LogP contribution in [-0.4, -0.2) is 20.2 Å². The van der Waals surface area contributed by atoms with Gasteiger partial charge < -0.3 is 4.98 Å². The standard InChI is InChI=1S/C14H15N5OS/c1-4-5-10-6-12(20)17-14(16-10)21-13-11(7-15)8(2)9(3)18-19-13/h6H,4-5H2,1-3H3,(H,16,17,20). The fourth-order valence-corrected chi connectivity index (χ4v) is 2.68. The van der Waals surface area contributed by atoms with Crippen LogP contribution in [0.5, 0.6) is 0 Å². The fraction of sp³-hybridized carbons (Fsp3) is 0.357. The van der Waals surface area contributed by atoms with E-state index < -0.39 is 0 Å². The lowest BCUT2D eigenvalue weighted by Crippen LogP contribution is -2.10. The van der Waals surface area contributed by atoms with Crippen molar-refractivity contribution in [2.45, 2.75) is 43.8 Å². The van der Waals surface area contributed by atoms with Crippen LogP contribution in [0.3, 0.4) is 0 Å². The van der Waals surface area contributed by atoms with Crippen molar-refractivity contribution in [2.75, 3.05) is 0 Å². The lowest BCUT2D eigenvalue weighted by Gasteiger charge is -2.06. The van der Waals surface area contributed by atoms with Gasteiger partial charge in [0.1, 0.15) is 11.1 Å². The highest BCUT2D eigenvalue weighted by Gasteiger charge is 2.13. The first-order valence-electron chi connectivity index (χ1n) is 6.57. The summed E-state index contributed by atoms with van der Waals surface area (Å²) < 4.78 is 0. The van der Waals surface area contributed by atoms with Gasteiger partial charge in [-0.25, -0.2) is 4.98 Å². The molecule has 2 heterocycles. The Morgan fingerprint density at radius 3 is 2.81 bits per heavy atom. The highest BCUT2D eigenvalue weighted by molar-refractivity contribution is 7.99. The third kappa shape index (κ3) is 3.47. The molecule has 0 aliphatic heterocycles. The predicted octanol–water partition coefficient (Wildman–Crippen LogP) is 2.15. The van der Waals surface area contributed by atoms with Crippen molar-refractivity contribution in [3.63, 3.8) is 0 Å². The Morgan fingerprint density at radius 2 is 2.14 bits per heavy atom. The van der Waals surface area contributed by atoms with Gasteiger partial charge in [0.15, 0.2) is 5.16 Å². The molecular formula is C14H15N5OS. The molecule has 0 saturated carbocycles. The van der Waals surface area contributed by atoms with E-state index in [9.17, 15) is 10.1 Å². The molecule has 108 valence electrons. The average molecular weight is 301 g/mol. The molecule has 0 aliphatic rings. The summed E-state index contributed by atoms with van der Waals surface area (Å²) in [5, 5.41) is 18.2. The number of hydrogen-bond donors (Lipinski definition) is 1. The zero-order valence-electron chi connectivity index (χ0n) is 12.1. The van der Waals surface area contributed by atoms with E-state index >= 15 is 0 Å². The minimum Gasteiger partial charge on any atom is -0.301 e. The van der Waals surface area contributed by atoms with E-state index in [-0.39, 0.29) is 5.56 Å². The van der Waals surface area contributed by atoms with Crippen LogP contribution < -0.4 is 5.56 Å². The second kappa shape index (κ2) is 6.50. The van der Waals surface area contributed by atoms with E-state index in [1.807, 2.05) is 13.8 Å². The molecule has 2 rings (SSSR count). The minimum atomic E-state index is -0.203. The summed E-state index contributed by atoms with van der Waals surface area (Å²) in [5.41, 5.74) is 2.51. The Bertz CT molecular complexity index is 763. The van der Waals surface area contributed by atoms with E-state index in [2.05, 4.69) is 26.2 Å². The first kappa shape index (κ1) is 15.2. The molecule has 0 fully saturated rings. The number of rotatable bonds is 4. The zero-order valence-corrected chi connectivity index (χ0v) is 12.9. The number of aryl methyl sites for hydroxylation is 2. The second-order valence-electron chi connectivity index (χ2n) is 4.60. The topological polar surface area (TPSA) is 95.3 Å². The van der Waals surface area contributed by atoms with Gasteiger partial charge >= 0.3 is 0 Å². The molecule has 0 radical (unpaired) electrons. The molecule has 0 spiro atoms. The molecule has 21 heavy (non-hydrogen) atoms. The lowest BCUT2D eigenvalue weighted by molar-refractivity contribution is 0.810. The van der Waals surface area contributed by atoms with Gasteiger partial charge in [-0.05, 0) is 37.6 Å². The van der Waals surface area contributed by atoms with Gasteiger partial charge in [-0.1, -0.05) is 13.3 Å². The monoisotopic (exact) mass is 301 g/mol. The van der Waals surface area contributed by atoms with Crippen LogP contribution in [0.1, 0.15) is 35.9 Å². The molecule has 0 saturated heterocycles. The van der Waals surface area contributed by atoms with Crippen molar-refractivity contribution < 1.29 is 0 Å². The van der Waals surface area contributed by atoms with Crippen molar-refractivity contribution in [1.29, 1.82) is 5.26 Å². The number of nitriles is 1. The molecular weight excluding hydrogens is 286 g/mol. The molecule has 0 aliphatic carbocycles. The molecule has 7 heteroatoms. The summed E-state index contributed by atoms with van der Waals surface area (Å²) in [6.07, 6.45) is 1.65. The van der Waals surface area contributed by atoms with Gasteiger partial charge in [-0.15, -0.1) is 5.10 Å². The number of aromatic amines is 1. The summed E-state index contributed by atoms with van der Waals surface area (Å²) in [7, 11) is 0. The van der Waals surface area contributed by atoms with Gasteiger partial charge in [0, 0.05) is 11.8 Å². The Kier molecular flexibility index (Phi) is 4.70. The maximum atomic E-state index is 11.6. The maximum Gasteiger partial charge on any atom is 0.251 e. The van der Waals surface area contributed by atoms with Crippen molar-refractivity contribution in [3.05, 3.63) is 38.9 Å². The van der Waals surface area contributed by atoms with E-state index in [4.69, 9.17) is 0 Å². The lowest BCUT2D eigenvalue weighted by atomic mass is 10.1. The Labute approximate surface area is 126 Å². The first-order chi connectivity index (χ1) is 10.0. The van der Waals surface area contributed by atoms with E-state index in [1.54, 1.807) is 6.92 Å². The van der Waals surface area contributed by atoms with Gasteiger partial charge in [0.05, 0.1) is 11.3 Å². The Hall–Kier alpha value is -2.20. The van der Waals surface area contributed by atoms with Crippen molar-refractivity contribution in [3.8, 4) is 6.07 Å². The molecule has 2 aromatic rings. The second-order valence-corrected chi connectivity index (χ2v) is 5.57. The Morgan fingerprint density at radius 1 is 1.38 bits per heavy atom. The average Bonchev–Trinajstić information content (AvgIpc) is 2.43. The molecule has 2 aromatic heterocycles. The molecule has 6 nitrogen and oxygen atoms in total. The quantitative estimate of drug-likeness (QED) is 0.869. The number of hydrogen-bond acceptors (Lipinski definition) is 6. The number of nitrogens with zero attached hydrogens (tertiary/aromatic N) is 4. The first-order valence-corrected chi connectivity index (χ1v) is 7.38. The smallest absolute Gasteiger partial charge is 0.251 e.